The highest BCUT2D eigenvalue weighted by Crippen LogP contribution is 2.49. The molecule has 3 unspecified atom stereocenters. The van der Waals surface area contributed by atoms with Crippen LogP contribution >= 0.6 is 0 Å². The molecule has 0 N–H and O–H groups in total. The lowest BCUT2D eigenvalue weighted by atomic mass is 9.64. The van der Waals surface area contributed by atoms with Crippen molar-refractivity contribution in [3.8, 4) is 5.69 Å². The molecule has 0 radical (unpaired) electrons. The summed E-state index contributed by atoms with van der Waals surface area (Å²) in [6.07, 6.45) is 11.5. The van der Waals surface area contributed by atoms with E-state index in [9.17, 15) is 4.39 Å². The molecule has 4 rings (SSSR count). The smallest absolute Gasteiger partial charge is 0.123 e. The number of nitrogens with zero attached hydrogens (tertiary/aromatic N) is 2. The number of benzene rings is 1. The van der Waals surface area contributed by atoms with Crippen molar-refractivity contribution in [2.75, 3.05) is 0 Å². The van der Waals surface area contributed by atoms with Gasteiger partial charge in [-0.25, -0.2) is 9.07 Å². The SMILES string of the molecule is CCCC(C)OC1CCCC2=Cc3c(cnn3-c3ccc(F)cc3)CC21C. The summed E-state index contributed by atoms with van der Waals surface area (Å²) < 4.78 is 21.7. The topological polar surface area (TPSA) is 27.1 Å². The van der Waals surface area contributed by atoms with Gasteiger partial charge in [-0.2, -0.15) is 5.10 Å². The molecule has 0 amide bonds. The molecular formula is C23H29FN2O. The minimum absolute atomic E-state index is 0.0455. The standard InChI is InChI=1S/C23H29FN2O/c1-4-6-16(2)27-22-8-5-7-18-13-21-17(14-23(18,22)3)15-25-26(21)20-11-9-19(24)10-12-20/h9-13,15-16,22H,4-8,14H2,1-3H3. The number of hydrogen-bond acceptors (Lipinski definition) is 2. The van der Waals surface area contributed by atoms with E-state index in [2.05, 4.69) is 31.9 Å². The van der Waals surface area contributed by atoms with Gasteiger partial charge in [0.25, 0.3) is 0 Å². The average molecular weight is 368 g/mol. The molecule has 1 fully saturated rings. The van der Waals surface area contributed by atoms with Crippen molar-refractivity contribution >= 4 is 6.08 Å². The van der Waals surface area contributed by atoms with E-state index in [1.165, 1.54) is 29.7 Å². The Morgan fingerprint density at radius 3 is 2.85 bits per heavy atom. The monoisotopic (exact) mass is 368 g/mol. The van der Waals surface area contributed by atoms with Gasteiger partial charge in [-0.05, 0) is 74.9 Å². The first-order chi connectivity index (χ1) is 13.0. The molecule has 0 spiro atoms. The molecule has 0 saturated heterocycles. The number of ether oxygens (including phenoxy) is 1. The number of fused-ring (bicyclic) bond motifs is 2. The quantitative estimate of drug-likeness (QED) is 0.675. The summed E-state index contributed by atoms with van der Waals surface area (Å²) in [6, 6.07) is 6.55. The van der Waals surface area contributed by atoms with Gasteiger partial charge >= 0.3 is 0 Å². The first-order valence-electron chi connectivity index (χ1n) is 10.2. The third kappa shape index (κ3) is 3.36. The molecule has 3 nitrogen and oxygen atoms in total. The Kier molecular flexibility index (Phi) is 4.94. The fourth-order valence-electron chi connectivity index (χ4n) is 4.76. The van der Waals surface area contributed by atoms with E-state index in [4.69, 9.17) is 4.74 Å². The van der Waals surface area contributed by atoms with Crippen LogP contribution in [0.4, 0.5) is 4.39 Å². The Balaban J connectivity index is 1.66. The predicted molar refractivity (Wildman–Crippen MR) is 106 cm³/mol. The Hall–Kier alpha value is -1.94. The molecular weight excluding hydrogens is 339 g/mol. The van der Waals surface area contributed by atoms with Crippen LogP contribution in [0.2, 0.25) is 0 Å². The van der Waals surface area contributed by atoms with Crippen LogP contribution in [0.1, 0.15) is 64.1 Å². The second-order valence-corrected chi connectivity index (χ2v) is 8.32. The van der Waals surface area contributed by atoms with Crippen LogP contribution in [0.25, 0.3) is 11.8 Å². The molecule has 2 aromatic rings. The Morgan fingerprint density at radius 1 is 1.33 bits per heavy atom. The molecule has 1 aromatic heterocycles. The molecule has 27 heavy (non-hydrogen) atoms. The largest absolute Gasteiger partial charge is 0.374 e. The lowest BCUT2D eigenvalue weighted by Crippen LogP contribution is -2.44. The third-order valence-electron chi connectivity index (χ3n) is 6.27. The second-order valence-electron chi connectivity index (χ2n) is 8.32. The van der Waals surface area contributed by atoms with E-state index < -0.39 is 0 Å². The van der Waals surface area contributed by atoms with Gasteiger partial charge in [-0.3, -0.25) is 0 Å². The van der Waals surface area contributed by atoms with Gasteiger partial charge in [-0.15, -0.1) is 0 Å². The molecule has 0 aliphatic heterocycles. The van der Waals surface area contributed by atoms with Crippen LogP contribution in [0.5, 0.6) is 0 Å². The number of halogens is 1. The Labute approximate surface area is 161 Å². The van der Waals surface area contributed by atoms with Crippen molar-refractivity contribution < 1.29 is 9.13 Å². The molecule has 1 aromatic carbocycles. The molecule has 4 heteroatoms. The van der Waals surface area contributed by atoms with Gasteiger partial charge in [0, 0.05) is 5.41 Å². The van der Waals surface area contributed by atoms with Gasteiger partial charge in [0.2, 0.25) is 0 Å². The number of aromatic nitrogens is 2. The number of hydrogen-bond donors (Lipinski definition) is 0. The fourth-order valence-corrected chi connectivity index (χ4v) is 4.76. The van der Waals surface area contributed by atoms with E-state index in [0.29, 0.717) is 6.10 Å². The lowest BCUT2D eigenvalue weighted by Gasteiger charge is -2.46. The van der Waals surface area contributed by atoms with Gasteiger partial charge in [0.1, 0.15) is 5.82 Å². The van der Waals surface area contributed by atoms with Crippen LogP contribution in [-0.4, -0.2) is 22.0 Å². The molecule has 2 aliphatic rings. The Bertz CT molecular complexity index is 839. The second kappa shape index (κ2) is 7.23. The zero-order valence-corrected chi connectivity index (χ0v) is 16.5. The summed E-state index contributed by atoms with van der Waals surface area (Å²) in [5, 5.41) is 4.61. The van der Waals surface area contributed by atoms with Crippen LogP contribution in [0.3, 0.4) is 0 Å². The van der Waals surface area contributed by atoms with Crippen LogP contribution < -0.4 is 0 Å². The minimum atomic E-state index is -0.223. The minimum Gasteiger partial charge on any atom is -0.374 e. The summed E-state index contributed by atoms with van der Waals surface area (Å²) in [6.45, 7) is 6.77. The first-order valence-corrected chi connectivity index (χ1v) is 10.2. The normalized spacial score (nSPS) is 25.5. The van der Waals surface area contributed by atoms with Crippen molar-refractivity contribution in [3.63, 3.8) is 0 Å². The maximum absolute atomic E-state index is 13.3. The molecule has 2 aliphatic carbocycles. The summed E-state index contributed by atoms with van der Waals surface area (Å²) in [5.41, 5.74) is 4.81. The van der Waals surface area contributed by atoms with Crippen LogP contribution in [0.15, 0.2) is 36.0 Å². The highest BCUT2D eigenvalue weighted by molar-refractivity contribution is 5.61. The van der Waals surface area contributed by atoms with E-state index in [0.717, 1.165) is 43.5 Å². The highest BCUT2D eigenvalue weighted by atomic mass is 19.1. The van der Waals surface area contributed by atoms with Gasteiger partial charge in [0.15, 0.2) is 0 Å². The van der Waals surface area contributed by atoms with Gasteiger partial charge < -0.3 is 4.74 Å². The van der Waals surface area contributed by atoms with Crippen LogP contribution in [0, 0.1) is 11.2 Å². The van der Waals surface area contributed by atoms with Gasteiger partial charge in [0.05, 0.1) is 29.8 Å². The molecule has 3 atom stereocenters. The van der Waals surface area contributed by atoms with Crippen molar-refractivity contribution in [2.45, 2.75) is 71.5 Å². The van der Waals surface area contributed by atoms with Gasteiger partial charge in [-0.1, -0.05) is 25.8 Å². The van der Waals surface area contributed by atoms with Crippen molar-refractivity contribution in [2.24, 2.45) is 5.41 Å². The summed E-state index contributed by atoms with van der Waals surface area (Å²) in [4.78, 5) is 0. The summed E-state index contributed by atoms with van der Waals surface area (Å²) >= 11 is 0. The van der Waals surface area contributed by atoms with E-state index >= 15 is 0 Å². The van der Waals surface area contributed by atoms with E-state index in [1.54, 1.807) is 12.1 Å². The Morgan fingerprint density at radius 2 is 2.11 bits per heavy atom. The molecule has 0 bridgehead atoms. The maximum atomic E-state index is 13.3. The maximum Gasteiger partial charge on any atom is 0.123 e. The zero-order valence-electron chi connectivity index (χ0n) is 16.5. The van der Waals surface area contributed by atoms with Crippen LogP contribution in [-0.2, 0) is 11.2 Å². The van der Waals surface area contributed by atoms with E-state index in [1.807, 2.05) is 10.9 Å². The third-order valence-corrected chi connectivity index (χ3v) is 6.27. The van der Waals surface area contributed by atoms with Crippen molar-refractivity contribution in [3.05, 3.63) is 53.1 Å². The average Bonchev–Trinajstić information content (AvgIpc) is 3.03. The summed E-state index contributed by atoms with van der Waals surface area (Å²) in [5.74, 6) is -0.223. The fraction of sp³-hybridized carbons (Fsp3) is 0.522. The molecule has 1 heterocycles. The van der Waals surface area contributed by atoms with E-state index in [-0.39, 0.29) is 17.3 Å². The highest BCUT2D eigenvalue weighted by Gasteiger charge is 2.44. The summed E-state index contributed by atoms with van der Waals surface area (Å²) in [7, 11) is 0. The first kappa shape index (κ1) is 18.4. The molecule has 144 valence electrons. The predicted octanol–water partition coefficient (Wildman–Crippen LogP) is 5.71. The van der Waals surface area contributed by atoms with Crippen molar-refractivity contribution in [1.82, 2.24) is 9.78 Å². The number of rotatable bonds is 5. The van der Waals surface area contributed by atoms with Crippen molar-refractivity contribution in [1.29, 1.82) is 0 Å². The molecule has 1 saturated carbocycles. The lowest BCUT2D eigenvalue weighted by molar-refractivity contribution is -0.0749. The zero-order chi connectivity index (χ0) is 19.0.